The van der Waals surface area contributed by atoms with Gasteiger partial charge >= 0.3 is 0 Å². The van der Waals surface area contributed by atoms with Crippen molar-refractivity contribution in [3.05, 3.63) is 29.8 Å². The van der Waals surface area contributed by atoms with E-state index in [0.29, 0.717) is 18.0 Å². The van der Waals surface area contributed by atoms with E-state index >= 15 is 0 Å². The maximum Gasteiger partial charge on any atom is 0.212 e. The van der Waals surface area contributed by atoms with Gasteiger partial charge in [0.25, 0.3) is 0 Å². The summed E-state index contributed by atoms with van der Waals surface area (Å²) in [7, 11) is 0. The Morgan fingerprint density at radius 1 is 1.33 bits per heavy atom. The summed E-state index contributed by atoms with van der Waals surface area (Å²) in [6.07, 6.45) is 6.76. The average molecular weight is 205 g/mol. The van der Waals surface area contributed by atoms with E-state index in [4.69, 9.17) is 0 Å². The maximum absolute atomic E-state index is 12.7. The molecule has 3 heteroatoms. The number of fused-ring (bicyclic) bond motifs is 2. The molecule has 1 N–H and O–H groups in total. The first-order valence-electron chi connectivity index (χ1n) is 5.70. The Bertz CT molecular complexity index is 349. The molecule has 0 unspecified atom stereocenters. The highest BCUT2D eigenvalue weighted by Gasteiger charge is 2.37. The molecule has 0 amide bonds. The summed E-state index contributed by atoms with van der Waals surface area (Å²) in [6.45, 7) is 0. The van der Waals surface area contributed by atoms with Crippen LogP contribution in [0.3, 0.4) is 0 Å². The van der Waals surface area contributed by atoms with Gasteiger partial charge in [0.15, 0.2) is 0 Å². The first kappa shape index (κ1) is 9.28. The molecule has 3 atom stereocenters. The molecule has 0 radical (unpaired) electrons. The van der Waals surface area contributed by atoms with Gasteiger partial charge in [-0.25, -0.2) is 4.98 Å². The lowest BCUT2D eigenvalue weighted by Crippen LogP contribution is -2.34. The summed E-state index contributed by atoms with van der Waals surface area (Å²) in [5.74, 6) is 0.165. The lowest BCUT2D eigenvalue weighted by molar-refractivity contribution is 0.397. The molecule has 2 bridgehead atoms. The van der Waals surface area contributed by atoms with E-state index in [2.05, 4.69) is 10.3 Å². The zero-order chi connectivity index (χ0) is 10.3. The molecule has 15 heavy (non-hydrogen) atoms. The fourth-order valence-electron chi connectivity index (χ4n) is 3.00. The summed E-state index contributed by atoms with van der Waals surface area (Å²) in [4.78, 5) is 3.74. The number of hydrogen-bond acceptors (Lipinski definition) is 2. The van der Waals surface area contributed by atoms with Crippen molar-refractivity contribution in [2.45, 2.75) is 43.7 Å². The fraction of sp³-hybridized carbons (Fsp3) is 0.583. The molecule has 2 nitrogen and oxygen atoms in total. The Balaban J connectivity index is 1.85. The summed E-state index contributed by atoms with van der Waals surface area (Å²) < 4.78 is 12.7. The quantitative estimate of drug-likeness (QED) is 0.711. The van der Waals surface area contributed by atoms with Gasteiger partial charge in [-0.3, -0.25) is 0 Å². The van der Waals surface area contributed by atoms with Crippen molar-refractivity contribution in [3.8, 4) is 0 Å². The summed E-state index contributed by atoms with van der Waals surface area (Å²) in [5, 5.41) is 3.63. The number of halogens is 1. The van der Waals surface area contributed by atoms with Crippen LogP contribution < -0.4 is 5.32 Å². The largest absolute Gasteiger partial charge is 0.311 e. The molecular weight excluding hydrogens is 190 g/mol. The standard InChI is InChI=1S/C12H15FN2/c13-12-5-4-8(7-14-12)10-6-9-2-1-3-11(10)15-9/h4-5,7,9-11,15H,1-3,6H2/t9-,10+,11+/m1/s1/i13-1. The van der Waals surface area contributed by atoms with Gasteiger partial charge in [-0.15, -0.1) is 0 Å². The van der Waals surface area contributed by atoms with Crippen molar-refractivity contribution in [3.63, 3.8) is 0 Å². The van der Waals surface area contributed by atoms with Crippen LogP contribution in [0.25, 0.3) is 0 Å². The van der Waals surface area contributed by atoms with Gasteiger partial charge in [-0.1, -0.05) is 12.5 Å². The molecule has 3 heterocycles. The molecular formula is C12H15FN2. The van der Waals surface area contributed by atoms with Crippen molar-refractivity contribution in [2.24, 2.45) is 0 Å². The van der Waals surface area contributed by atoms with Crippen LogP contribution in [0.5, 0.6) is 0 Å². The lowest BCUT2D eigenvalue weighted by Gasteiger charge is -2.22. The van der Waals surface area contributed by atoms with E-state index in [1.807, 2.05) is 6.07 Å². The van der Waals surface area contributed by atoms with E-state index < -0.39 is 0 Å². The van der Waals surface area contributed by atoms with Crippen LogP contribution in [-0.2, 0) is 0 Å². The SMILES string of the molecule is [18F]c1ccc([C@@H]2C[C@H]3CCC[C@@H]2N3)cn1. The molecule has 1 aromatic heterocycles. The predicted octanol–water partition coefficient (Wildman–Crippen LogP) is 2.22. The van der Waals surface area contributed by atoms with Crippen molar-refractivity contribution in [1.82, 2.24) is 10.3 Å². The monoisotopic (exact) mass is 205 g/mol. The van der Waals surface area contributed by atoms with Gasteiger partial charge in [-0.2, -0.15) is 4.39 Å². The van der Waals surface area contributed by atoms with Crippen molar-refractivity contribution >= 4 is 0 Å². The van der Waals surface area contributed by atoms with E-state index in [1.165, 1.54) is 37.3 Å². The number of hydrogen-bond donors (Lipinski definition) is 1. The minimum Gasteiger partial charge on any atom is -0.311 e. The molecule has 1 aromatic rings. The van der Waals surface area contributed by atoms with Crippen LogP contribution in [-0.4, -0.2) is 17.1 Å². The highest BCUT2D eigenvalue weighted by Crippen LogP contribution is 2.37. The number of nitrogens with zero attached hydrogens (tertiary/aromatic N) is 1. The molecule has 0 saturated carbocycles. The van der Waals surface area contributed by atoms with Crippen molar-refractivity contribution in [1.29, 1.82) is 0 Å². The van der Waals surface area contributed by atoms with Crippen LogP contribution in [0.15, 0.2) is 18.3 Å². The summed E-state index contributed by atoms with van der Waals surface area (Å²) >= 11 is 0. The van der Waals surface area contributed by atoms with E-state index in [9.17, 15) is 4.39 Å². The van der Waals surface area contributed by atoms with E-state index in [0.717, 1.165) is 0 Å². The lowest BCUT2D eigenvalue weighted by atomic mass is 9.92. The van der Waals surface area contributed by atoms with E-state index in [-0.39, 0.29) is 5.95 Å². The molecule has 80 valence electrons. The molecule has 0 aliphatic carbocycles. The normalized spacial score (nSPS) is 34.3. The van der Waals surface area contributed by atoms with Gasteiger partial charge < -0.3 is 5.32 Å². The van der Waals surface area contributed by atoms with Crippen molar-refractivity contribution in [2.75, 3.05) is 0 Å². The molecule has 0 spiro atoms. The Kier molecular flexibility index (Phi) is 2.20. The zero-order valence-corrected chi connectivity index (χ0v) is 8.62. The Labute approximate surface area is 88.9 Å². The second-order valence-electron chi connectivity index (χ2n) is 4.66. The van der Waals surface area contributed by atoms with Crippen LogP contribution in [0.2, 0.25) is 0 Å². The van der Waals surface area contributed by atoms with Crippen LogP contribution in [0, 0.1) is 5.95 Å². The average Bonchev–Trinajstić information content (AvgIpc) is 2.55. The topological polar surface area (TPSA) is 24.9 Å². The Morgan fingerprint density at radius 3 is 3.00 bits per heavy atom. The third-order valence-electron chi connectivity index (χ3n) is 3.72. The predicted molar refractivity (Wildman–Crippen MR) is 56.1 cm³/mol. The van der Waals surface area contributed by atoms with Gasteiger partial charge in [0.2, 0.25) is 5.95 Å². The number of piperidine rings is 1. The first-order chi connectivity index (χ1) is 7.33. The molecule has 2 saturated heterocycles. The first-order valence-corrected chi connectivity index (χ1v) is 5.70. The molecule has 2 fully saturated rings. The Morgan fingerprint density at radius 2 is 2.27 bits per heavy atom. The van der Waals surface area contributed by atoms with Crippen LogP contribution in [0.4, 0.5) is 4.39 Å². The number of pyridine rings is 1. The van der Waals surface area contributed by atoms with E-state index in [1.54, 1.807) is 6.20 Å². The molecule has 3 rings (SSSR count). The van der Waals surface area contributed by atoms with Crippen LogP contribution >= 0.6 is 0 Å². The zero-order valence-electron chi connectivity index (χ0n) is 8.62. The Hall–Kier alpha value is -0.960. The molecule has 0 aromatic carbocycles. The number of rotatable bonds is 1. The van der Waals surface area contributed by atoms with Crippen molar-refractivity contribution < 1.29 is 4.39 Å². The van der Waals surface area contributed by atoms with Crippen LogP contribution in [0.1, 0.15) is 37.2 Å². The fourth-order valence-corrected chi connectivity index (χ4v) is 3.00. The smallest absolute Gasteiger partial charge is 0.212 e. The summed E-state index contributed by atoms with van der Waals surface area (Å²) in [5.41, 5.74) is 1.19. The third-order valence-corrected chi connectivity index (χ3v) is 3.72. The second kappa shape index (κ2) is 3.56. The minimum atomic E-state index is -0.382. The maximum atomic E-state index is 12.7. The minimum absolute atomic E-state index is 0.382. The molecule has 2 aliphatic heterocycles. The highest BCUT2D eigenvalue weighted by molar-refractivity contribution is 5.21. The third kappa shape index (κ3) is 1.65. The highest BCUT2D eigenvalue weighted by atomic mass is 18.2. The second-order valence-corrected chi connectivity index (χ2v) is 4.66. The summed E-state index contributed by atoms with van der Waals surface area (Å²) in [6, 6.07) is 4.63. The van der Waals surface area contributed by atoms with Gasteiger partial charge in [0.05, 0.1) is 0 Å². The van der Waals surface area contributed by atoms with Gasteiger partial charge in [0.1, 0.15) is 0 Å². The number of nitrogens with one attached hydrogen (secondary N) is 1. The number of aromatic nitrogens is 1. The van der Waals surface area contributed by atoms with Gasteiger partial charge in [-0.05, 0) is 30.9 Å². The molecule has 2 aliphatic rings. The van der Waals surface area contributed by atoms with Gasteiger partial charge in [0, 0.05) is 24.2 Å².